The molecule has 0 radical (unpaired) electrons. The molecule has 5 nitrogen and oxygen atoms in total. The van der Waals surface area contributed by atoms with Crippen LogP contribution < -0.4 is 0 Å². The molecule has 110 valence electrons. The maximum absolute atomic E-state index is 11.8. The monoisotopic (exact) mass is 294 g/mol. The van der Waals surface area contributed by atoms with E-state index in [2.05, 4.69) is 10.1 Å². The normalized spacial score (nSPS) is 10.4. The lowest BCUT2D eigenvalue weighted by Gasteiger charge is -2.01. The minimum absolute atomic E-state index is 0.0343. The number of benzene rings is 1. The van der Waals surface area contributed by atoms with Crippen molar-refractivity contribution in [3.05, 3.63) is 71.7 Å². The summed E-state index contributed by atoms with van der Waals surface area (Å²) in [5, 5.41) is 3.99. The fourth-order valence-corrected chi connectivity index (χ4v) is 1.94. The molecule has 0 amide bonds. The van der Waals surface area contributed by atoms with Gasteiger partial charge in [0.05, 0.1) is 5.56 Å². The van der Waals surface area contributed by atoms with E-state index in [0.717, 1.165) is 5.56 Å². The van der Waals surface area contributed by atoms with Gasteiger partial charge in [-0.15, -0.1) is 0 Å². The van der Waals surface area contributed by atoms with Crippen molar-refractivity contribution >= 4 is 5.97 Å². The number of pyridine rings is 1. The molecular formula is C17H14N2O3. The van der Waals surface area contributed by atoms with Crippen molar-refractivity contribution in [1.29, 1.82) is 0 Å². The van der Waals surface area contributed by atoms with E-state index >= 15 is 0 Å². The molecule has 0 fully saturated rings. The number of nitrogens with zero attached hydrogens (tertiary/aromatic N) is 2. The second-order valence-electron chi connectivity index (χ2n) is 4.86. The molecule has 0 unspecified atom stereocenters. The Morgan fingerprint density at radius 2 is 2.05 bits per heavy atom. The van der Waals surface area contributed by atoms with E-state index in [1.807, 2.05) is 31.2 Å². The topological polar surface area (TPSA) is 65.2 Å². The second-order valence-corrected chi connectivity index (χ2v) is 4.86. The number of carbonyl (C=O) groups excluding carboxylic acids is 1. The molecule has 0 bridgehead atoms. The third-order valence-corrected chi connectivity index (χ3v) is 3.15. The van der Waals surface area contributed by atoms with Crippen LogP contribution in [0.2, 0.25) is 0 Å². The number of ether oxygens (including phenoxy) is 1. The van der Waals surface area contributed by atoms with Crippen LogP contribution in [0.4, 0.5) is 0 Å². The van der Waals surface area contributed by atoms with E-state index in [0.29, 0.717) is 17.0 Å². The molecule has 3 rings (SSSR count). The predicted molar refractivity (Wildman–Crippen MR) is 80.0 cm³/mol. The lowest BCUT2D eigenvalue weighted by Crippen LogP contribution is -2.04. The molecule has 1 aromatic carbocycles. The minimum atomic E-state index is -0.443. The van der Waals surface area contributed by atoms with Crippen LogP contribution in [0.3, 0.4) is 0 Å². The molecule has 0 aliphatic carbocycles. The quantitative estimate of drug-likeness (QED) is 0.690. The number of esters is 1. The van der Waals surface area contributed by atoms with Gasteiger partial charge in [-0.25, -0.2) is 4.79 Å². The summed E-state index contributed by atoms with van der Waals surface area (Å²) in [6.07, 6.45) is 3.06. The van der Waals surface area contributed by atoms with Gasteiger partial charge in [0, 0.05) is 24.0 Å². The number of hydrogen-bond acceptors (Lipinski definition) is 5. The lowest BCUT2D eigenvalue weighted by atomic mass is 10.1. The molecular weight excluding hydrogens is 280 g/mol. The van der Waals surface area contributed by atoms with Gasteiger partial charge in [-0.05, 0) is 19.1 Å². The zero-order valence-electron chi connectivity index (χ0n) is 12.0. The van der Waals surface area contributed by atoms with Gasteiger partial charge in [0.15, 0.2) is 12.4 Å². The molecule has 0 saturated carbocycles. The smallest absolute Gasteiger partial charge is 0.340 e. The summed E-state index contributed by atoms with van der Waals surface area (Å²) in [4.78, 5) is 15.7. The fourth-order valence-electron chi connectivity index (χ4n) is 1.94. The van der Waals surface area contributed by atoms with Crippen LogP contribution in [0.25, 0.3) is 11.3 Å². The molecule has 5 heteroatoms. The summed E-state index contributed by atoms with van der Waals surface area (Å²) in [5.41, 5.74) is 3.25. The van der Waals surface area contributed by atoms with Gasteiger partial charge in [-0.3, -0.25) is 4.98 Å². The molecule has 0 N–H and O–H groups in total. The van der Waals surface area contributed by atoms with Crippen molar-refractivity contribution in [3.63, 3.8) is 0 Å². The molecule has 2 heterocycles. The average Bonchev–Trinajstić information content (AvgIpc) is 3.03. The Bertz CT molecular complexity index is 764. The van der Waals surface area contributed by atoms with E-state index in [4.69, 9.17) is 9.26 Å². The molecule has 22 heavy (non-hydrogen) atoms. The van der Waals surface area contributed by atoms with E-state index in [9.17, 15) is 4.79 Å². The number of hydrogen-bond donors (Lipinski definition) is 0. The summed E-state index contributed by atoms with van der Waals surface area (Å²) >= 11 is 0. The van der Waals surface area contributed by atoms with Crippen LogP contribution in [0.15, 0.2) is 59.4 Å². The van der Waals surface area contributed by atoms with Crippen molar-refractivity contribution in [2.45, 2.75) is 13.5 Å². The number of rotatable bonds is 4. The van der Waals surface area contributed by atoms with Gasteiger partial charge >= 0.3 is 5.97 Å². The minimum Gasteiger partial charge on any atom is -0.454 e. The molecule has 0 spiro atoms. The Hall–Kier alpha value is -2.95. The number of carbonyl (C=O) groups is 1. The lowest BCUT2D eigenvalue weighted by molar-refractivity contribution is 0.0437. The standard InChI is InChI=1S/C17H14N2O3/c1-12-4-6-13(7-5-12)16-9-15(22-19-16)11-21-17(20)14-3-2-8-18-10-14/h2-10H,11H2,1H3. The Morgan fingerprint density at radius 3 is 2.77 bits per heavy atom. The van der Waals surface area contributed by atoms with Crippen LogP contribution >= 0.6 is 0 Å². The van der Waals surface area contributed by atoms with Crippen molar-refractivity contribution < 1.29 is 14.1 Å². The van der Waals surface area contributed by atoms with E-state index < -0.39 is 5.97 Å². The highest BCUT2D eigenvalue weighted by molar-refractivity contribution is 5.88. The van der Waals surface area contributed by atoms with Crippen LogP contribution in [-0.4, -0.2) is 16.1 Å². The zero-order valence-corrected chi connectivity index (χ0v) is 12.0. The van der Waals surface area contributed by atoms with Gasteiger partial charge in [0.25, 0.3) is 0 Å². The molecule has 0 aliphatic heterocycles. The zero-order chi connectivity index (χ0) is 15.4. The van der Waals surface area contributed by atoms with E-state index in [1.54, 1.807) is 24.4 Å². The highest BCUT2D eigenvalue weighted by Gasteiger charge is 2.11. The van der Waals surface area contributed by atoms with Crippen molar-refractivity contribution in [1.82, 2.24) is 10.1 Å². The average molecular weight is 294 g/mol. The summed E-state index contributed by atoms with van der Waals surface area (Å²) in [5.74, 6) is 0.0502. The summed E-state index contributed by atoms with van der Waals surface area (Å²) < 4.78 is 10.4. The Morgan fingerprint density at radius 1 is 1.23 bits per heavy atom. The first kappa shape index (κ1) is 14.0. The first-order valence-electron chi connectivity index (χ1n) is 6.82. The first-order valence-corrected chi connectivity index (χ1v) is 6.82. The molecule has 0 atom stereocenters. The number of aryl methyl sites for hydroxylation is 1. The van der Waals surface area contributed by atoms with Gasteiger partial charge in [0.2, 0.25) is 0 Å². The van der Waals surface area contributed by atoms with Crippen molar-refractivity contribution in [2.75, 3.05) is 0 Å². The number of aromatic nitrogens is 2. The van der Waals surface area contributed by atoms with Crippen LogP contribution in [0.1, 0.15) is 21.7 Å². The largest absolute Gasteiger partial charge is 0.454 e. The summed E-state index contributed by atoms with van der Waals surface area (Å²) in [6, 6.07) is 13.0. The molecule has 0 saturated heterocycles. The molecule has 0 aliphatic rings. The Labute approximate surface area is 127 Å². The fraction of sp³-hybridized carbons (Fsp3) is 0.118. The molecule has 3 aromatic rings. The third kappa shape index (κ3) is 3.20. The Balaban J connectivity index is 1.65. The first-order chi connectivity index (χ1) is 10.7. The van der Waals surface area contributed by atoms with Crippen LogP contribution in [0.5, 0.6) is 0 Å². The van der Waals surface area contributed by atoms with Crippen LogP contribution in [-0.2, 0) is 11.3 Å². The van der Waals surface area contributed by atoms with Gasteiger partial charge in [0.1, 0.15) is 5.69 Å². The molecule has 2 aromatic heterocycles. The van der Waals surface area contributed by atoms with Crippen molar-refractivity contribution in [3.8, 4) is 11.3 Å². The SMILES string of the molecule is Cc1ccc(-c2cc(COC(=O)c3cccnc3)on2)cc1. The van der Waals surface area contributed by atoms with E-state index in [1.165, 1.54) is 11.8 Å². The predicted octanol–water partition coefficient (Wildman–Crippen LogP) is 3.40. The van der Waals surface area contributed by atoms with Gasteiger partial charge in [-0.1, -0.05) is 35.0 Å². The highest BCUT2D eigenvalue weighted by Crippen LogP contribution is 2.20. The van der Waals surface area contributed by atoms with Crippen molar-refractivity contribution in [2.24, 2.45) is 0 Å². The van der Waals surface area contributed by atoms with Gasteiger partial charge in [-0.2, -0.15) is 0 Å². The maximum atomic E-state index is 11.8. The Kier molecular flexibility index (Phi) is 3.96. The van der Waals surface area contributed by atoms with Crippen LogP contribution in [0, 0.1) is 6.92 Å². The summed E-state index contributed by atoms with van der Waals surface area (Å²) in [6.45, 7) is 2.06. The van der Waals surface area contributed by atoms with E-state index in [-0.39, 0.29) is 6.61 Å². The van der Waals surface area contributed by atoms with Gasteiger partial charge < -0.3 is 9.26 Å². The second kappa shape index (κ2) is 6.22. The third-order valence-electron chi connectivity index (χ3n) is 3.15. The highest BCUT2D eigenvalue weighted by atomic mass is 16.5. The maximum Gasteiger partial charge on any atom is 0.340 e. The summed E-state index contributed by atoms with van der Waals surface area (Å²) in [7, 11) is 0.